The highest BCUT2D eigenvalue weighted by atomic mass is 16.2. The maximum atomic E-state index is 14.0. The average Bonchev–Trinajstić information content (AvgIpc) is 2.95. The molecular formula is C32H32N2O2. The van der Waals surface area contributed by atoms with E-state index in [0.29, 0.717) is 13.1 Å². The van der Waals surface area contributed by atoms with Gasteiger partial charge >= 0.3 is 11.8 Å². The van der Waals surface area contributed by atoms with E-state index >= 15 is 0 Å². The Labute approximate surface area is 213 Å². The topological polar surface area (TPSA) is 40.6 Å². The second-order valence-electron chi connectivity index (χ2n) is 9.01. The zero-order valence-electron chi connectivity index (χ0n) is 20.8. The molecule has 0 aliphatic rings. The average molecular weight is 477 g/mol. The molecule has 4 nitrogen and oxygen atoms in total. The van der Waals surface area contributed by atoms with Gasteiger partial charge in [-0.05, 0) is 36.1 Å². The van der Waals surface area contributed by atoms with Gasteiger partial charge in [-0.1, -0.05) is 121 Å². The minimum atomic E-state index is -0.506. The molecule has 182 valence electrons. The molecule has 0 N–H and O–H groups in total. The van der Waals surface area contributed by atoms with Crippen molar-refractivity contribution in [1.29, 1.82) is 0 Å². The summed E-state index contributed by atoms with van der Waals surface area (Å²) in [4.78, 5) is 31.3. The molecule has 0 bridgehead atoms. The smallest absolute Gasteiger partial charge is 0.312 e. The number of rotatable bonds is 8. The summed E-state index contributed by atoms with van der Waals surface area (Å²) in [5, 5.41) is 0. The highest BCUT2D eigenvalue weighted by molar-refractivity contribution is 6.35. The van der Waals surface area contributed by atoms with Crippen LogP contribution < -0.4 is 0 Å². The monoisotopic (exact) mass is 476 g/mol. The molecule has 0 heterocycles. The lowest BCUT2D eigenvalue weighted by molar-refractivity contribution is -0.155. The fourth-order valence-corrected chi connectivity index (χ4v) is 4.40. The number of amides is 2. The lowest BCUT2D eigenvalue weighted by Crippen LogP contribution is -2.46. The zero-order chi connectivity index (χ0) is 25.3. The van der Waals surface area contributed by atoms with Crippen LogP contribution in [0.1, 0.15) is 48.2 Å². The van der Waals surface area contributed by atoms with E-state index in [9.17, 15) is 9.59 Å². The van der Waals surface area contributed by atoms with Crippen molar-refractivity contribution in [2.45, 2.75) is 39.0 Å². The van der Waals surface area contributed by atoms with Gasteiger partial charge in [0.2, 0.25) is 0 Å². The van der Waals surface area contributed by atoms with Crippen molar-refractivity contribution in [2.75, 3.05) is 0 Å². The molecule has 4 heteroatoms. The normalized spacial score (nSPS) is 12.4. The first-order chi connectivity index (χ1) is 17.5. The number of benzene rings is 4. The number of hydrogen-bond donors (Lipinski definition) is 0. The molecule has 0 aromatic heterocycles. The van der Waals surface area contributed by atoms with E-state index in [0.717, 1.165) is 22.3 Å². The van der Waals surface area contributed by atoms with Crippen LogP contribution >= 0.6 is 0 Å². The molecule has 2 atom stereocenters. The Bertz CT molecular complexity index is 1140. The molecule has 4 aromatic carbocycles. The standard InChI is InChI=1S/C32H32N2O2/c1-25(29-19-11-5-12-20-29)33(23-27-15-7-3-8-16-27)31(35)32(36)34(24-28-17-9-4-10-18-28)26(2)30-21-13-6-14-22-30/h3-22,25-26H,23-24H2,1-2H3/t25-,26-/m0/s1. The summed E-state index contributed by atoms with van der Waals surface area (Å²) in [7, 11) is 0. The highest BCUT2D eigenvalue weighted by Crippen LogP contribution is 2.27. The number of nitrogens with zero attached hydrogens (tertiary/aromatic N) is 2. The molecular weight excluding hydrogens is 444 g/mol. The van der Waals surface area contributed by atoms with Gasteiger partial charge in [-0.15, -0.1) is 0 Å². The third kappa shape index (κ3) is 6.08. The Morgan fingerprint density at radius 3 is 1.08 bits per heavy atom. The van der Waals surface area contributed by atoms with Gasteiger partial charge in [-0.2, -0.15) is 0 Å². The fourth-order valence-electron chi connectivity index (χ4n) is 4.40. The van der Waals surface area contributed by atoms with Crippen molar-refractivity contribution in [1.82, 2.24) is 9.80 Å². The molecule has 0 radical (unpaired) electrons. The minimum absolute atomic E-state index is 0.270. The Kier molecular flexibility index (Phi) is 8.30. The minimum Gasteiger partial charge on any atom is -0.323 e. The van der Waals surface area contributed by atoms with E-state index in [1.54, 1.807) is 9.80 Å². The molecule has 0 aliphatic heterocycles. The summed E-state index contributed by atoms with van der Waals surface area (Å²) in [6.07, 6.45) is 0. The van der Waals surface area contributed by atoms with Crippen LogP contribution in [0.25, 0.3) is 0 Å². The van der Waals surface area contributed by atoms with E-state index in [1.165, 1.54) is 0 Å². The van der Waals surface area contributed by atoms with Crippen LogP contribution in [0, 0.1) is 0 Å². The number of carbonyl (C=O) groups is 2. The fraction of sp³-hybridized carbons (Fsp3) is 0.188. The summed E-state index contributed by atoms with van der Waals surface area (Å²) >= 11 is 0. The molecule has 0 fully saturated rings. The molecule has 0 spiro atoms. The van der Waals surface area contributed by atoms with E-state index in [2.05, 4.69) is 0 Å². The van der Waals surface area contributed by atoms with E-state index in [4.69, 9.17) is 0 Å². The Morgan fingerprint density at radius 1 is 0.500 bits per heavy atom. The van der Waals surface area contributed by atoms with Gasteiger partial charge < -0.3 is 9.80 Å². The van der Waals surface area contributed by atoms with Crippen LogP contribution in [0.5, 0.6) is 0 Å². The summed E-state index contributed by atoms with van der Waals surface area (Å²) < 4.78 is 0. The molecule has 4 aromatic rings. The largest absolute Gasteiger partial charge is 0.323 e. The number of hydrogen-bond acceptors (Lipinski definition) is 2. The van der Waals surface area contributed by atoms with Crippen molar-refractivity contribution in [3.63, 3.8) is 0 Å². The molecule has 0 saturated carbocycles. The molecule has 0 unspecified atom stereocenters. The van der Waals surface area contributed by atoms with Gasteiger partial charge in [-0.25, -0.2) is 0 Å². The molecule has 2 amide bonds. The molecule has 0 saturated heterocycles. The lowest BCUT2D eigenvalue weighted by Gasteiger charge is -2.34. The van der Waals surface area contributed by atoms with Gasteiger partial charge in [0.25, 0.3) is 0 Å². The van der Waals surface area contributed by atoms with Gasteiger partial charge in [0.15, 0.2) is 0 Å². The summed E-state index contributed by atoms with van der Waals surface area (Å²) in [5.41, 5.74) is 3.93. The van der Waals surface area contributed by atoms with Crippen LogP contribution in [0.2, 0.25) is 0 Å². The van der Waals surface area contributed by atoms with Gasteiger partial charge in [0, 0.05) is 13.1 Å². The molecule has 36 heavy (non-hydrogen) atoms. The van der Waals surface area contributed by atoms with Gasteiger partial charge in [0.05, 0.1) is 12.1 Å². The molecule has 0 aliphatic carbocycles. The predicted octanol–water partition coefficient (Wildman–Crippen LogP) is 6.57. The van der Waals surface area contributed by atoms with Crippen LogP contribution in [0.3, 0.4) is 0 Å². The molecule has 4 rings (SSSR count). The lowest BCUT2D eigenvalue weighted by atomic mass is 10.0. The highest BCUT2D eigenvalue weighted by Gasteiger charge is 2.33. The second kappa shape index (κ2) is 12.0. The summed E-state index contributed by atoms with van der Waals surface area (Å²) in [6, 6.07) is 38.8. The van der Waals surface area contributed by atoms with Crippen molar-refractivity contribution in [3.05, 3.63) is 144 Å². The van der Waals surface area contributed by atoms with Gasteiger partial charge in [0.1, 0.15) is 0 Å². The van der Waals surface area contributed by atoms with E-state index in [1.807, 2.05) is 135 Å². The summed E-state index contributed by atoms with van der Waals surface area (Å²) in [5.74, 6) is -1.01. The van der Waals surface area contributed by atoms with Crippen LogP contribution in [0.4, 0.5) is 0 Å². The van der Waals surface area contributed by atoms with Gasteiger partial charge in [-0.3, -0.25) is 9.59 Å². The first kappa shape index (κ1) is 24.9. The summed E-state index contributed by atoms with van der Waals surface area (Å²) in [6.45, 7) is 4.65. The van der Waals surface area contributed by atoms with Crippen molar-refractivity contribution < 1.29 is 9.59 Å². The van der Waals surface area contributed by atoms with E-state index < -0.39 is 11.8 Å². The zero-order valence-corrected chi connectivity index (χ0v) is 20.8. The first-order valence-corrected chi connectivity index (χ1v) is 12.3. The third-order valence-electron chi connectivity index (χ3n) is 6.60. The maximum Gasteiger partial charge on any atom is 0.312 e. The van der Waals surface area contributed by atoms with Crippen molar-refractivity contribution >= 4 is 11.8 Å². The third-order valence-corrected chi connectivity index (χ3v) is 6.60. The second-order valence-corrected chi connectivity index (χ2v) is 9.01. The van der Waals surface area contributed by atoms with Crippen LogP contribution in [-0.4, -0.2) is 21.6 Å². The van der Waals surface area contributed by atoms with Crippen LogP contribution in [0.15, 0.2) is 121 Å². The Hall–Kier alpha value is -4.18. The number of carbonyl (C=O) groups excluding carboxylic acids is 2. The van der Waals surface area contributed by atoms with E-state index in [-0.39, 0.29) is 12.1 Å². The van der Waals surface area contributed by atoms with Crippen molar-refractivity contribution in [2.24, 2.45) is 0 Å². The SMILES string of the molecule is C[C@@H](c1ccccc1)N(Cc1ccccc1)C(=O)C(=O)N(Cc1ccccc1)[C@@H](C)c1ccccc1. The quantitative estimate of drug-likeness (QED) is 0.270. The Balaban J connectivity index is 1.68. The Morgan fingerprint density at radius 2 is 0.778 bits per heavy atom. The van der Waals surface area contributed by atoms with Crippen LogP contribution in [-0.2, 0) is 22.7 Å². The maximum absolute atomic E-state index is 14.0. The first-order valence-electron chi connectivity index (χ1n) is 12.3. The van der Waals surface area contributed by atoms with Crippen molar-refractivity contribution in [3.8, 4) is 0 Å². The predicted molar refractivity (Wildman–Crippen MR) is 144 cm³/mol.